The number of carbonyl (C=O) groups is 1. The average Bonchev–Trinajstić information content (AvgIpc) is 3.05. The van der Waals surface area contributed by atoms with Crippen LogP contribution in [0.2, 0.25) is 0 Å². The summed E-state index contributed by atoms with van der Waals surface area (Å²) >= 11 is 0. The van der Waals surface area contributed by atoms with E-state index in [1.807, 2.05) is 42.6 Å². The number of methoxy groups -OCH3 is 1. The minimum absolute atomic E-state index is 0.0292. The predicted octanol–water partition coefficient (Wildman–Crippen LogP) is 2.50. The van der Waals surface area contributed by atoms with Crippen molar-refractivity contribution >= 4 is 11.6 Å². The van der Waals surface area contributed by atoms with E-state index in [4.69, 9.17) is 9.47 Å². The molecule has 1 N–H and O–H groups in total. The lowest BCUT2D eigenvalue weighted by atomic mass is 10.2. The molecule has 3 rings (SSSR count). The fourth-order valence-electron chi connectivity index (χ4n) is 2.61. The second-order valence-electron chi connectivity index (χ2n) is 6.08. The van der Waals surface area contributed by atoms with Gasteiger partial charge in [-0.15, -0.1) is 10.2 Å². The van der Waals surface area contributed by atoms with E-state index in [-0.39, 0.29) is 12.0 Å². The molecule has 0 atom stereocenters. The molecule has 0 aliphatic carbocycles. The molecule has 0 fully saturated rings. The maximum absolute atomic E-state index is 12.4. The number of rotatable bonds is 7. The highest BCUT2D eigenvalue weighted by Crippen LogP contribution is 2.28. The standard InChI is InChI=1S/C19H22N4O3/c1-13(2)26-15-8-7-14(12-16(15)25-3)19(24)20-10-9-18-22-21-17-6-4-5-11-23(17)18/h4-8,11-13H,9-10H2,1-3H3,(H,20,24). The minimum atomic E-state index is -0.173. The first kappa shape index (κ1) is 17.7. The van der Waals surface area contributed by atoms with Crippen molar-refractivity contribution in [2.75, 3.05) is 13.7 Å². The largest absolute Gasteiger partial charge is 0.493 e. The summed E-state index contributed by atoms with van der Waals surface area (Å²) < 4.78 is 12.9. The number of amides is 1. The normalized spacial score (nSPS) is 10.9. The van der Waals surface area contributed by atoms with Crippen molar-refractivity contribution in [2.45, 2.75) is 26.4 Å². The van der Waals surface area contributed by atoms with Crippen LogP contribution < -0.4 is 14.8 Å². The number of nitrogens with zero attached hydrogens (tertiary/aromatic N) is 3. The molecule has 136 valence electrons. The molecule has 3 aromatic rings. The van der Waals surface area contributed by atoms with Gasteiger partial charge in [0.25, 0.3) is 5.91 Å². The zero-order valence-electron chi connectivity index (χ0n) is 15.1. The Morgan fingerprint density at radius 1 is 1.19 bits per heavy atom. The lowest BCUT2D eigenvalue weighted by Gasteiger charge is -2.14. The first-order chi connectivity index (χ1) is 12.6. The van der Waals surface area contributed by atoms with Crippen LogP contribution in [0.3, 0.4) is 0 Å². The van der Waals surface area contributed by atoms with E-state index in [1.54, 1.807) is 25.3 Å². The molecule has 0 saturated carbocycles. The van der Waals surface area contributed by atoms with Crippen LogP contribution in [0.5, 0.6) is 11.5 Å². The number of nitrogens with one attached hydrogen (secondary N) is 1. The third kappa shape index (κ3) is 3.93. The van der Waals surface area contributed by atoms with Gasteiger partial charge in [-0.25, -0.2) is 0 Å². The third-order valence-corrected chi connectivity index (χ3v) is 3.81. The molecule has 2 aromatic heterocycles. The van der Waals surface area contributed by atoms with Crippen molar-refractivity contribution in [3.8, 4) is 11.5 Å². The van der Waals surface area contributed by atoms with E-state index in [2.05, 4.69) is 15.5 Å². The molecule has 0 unspecified atom stereocenters. The van der Waals surface area contributed by atoms with Crippen molar-refractivity contribution in [2.24, 2.45) is 0 Å². The number of aromatic nitrogens is 3. The highest BCUT2D eigenvalue weighted by atomic mass is 16.5. The molecule has 0 radical (unpaired) electrons. The van der Waals surface area contributed by atoms with Crippen LogP contribution in [0.1, 0.15) is 30.0 Å². The molecule has 26 heavy (non-hydrogen) atoms. The first-order valence-corrected chi connectivity index (χ1v) is 8.50. The topological polar surface area (TPSA) is 77.8 Å². The van der Waals surface area contributed by atoms with Crippen LogP contribution in [0.15, 0.2) is 42.6 Å². The molecule has 1 amide bonds. The lowest BCUT2D eigenvalue weighted by Crippen LogP contribution is -2.26. The Labute approximate surface area is 152 Å². The molecule has 1 aromatic carbocycles. The summed E-state index contributed by atoms with van der Waals surface area (Å²) in [5.74, 6) is 1.79. The summed E-state index contributed by atoms with van der Waals surface area (Å²) in [7, 11) is 1.56. The molecular weight excluding hydrogens is 332 g/mol. The fraction of sp³-hybridized carbons (Fsp3) is 0.316. The summed E-state index contributed by atoms with van der Waals surface area (Å²) in [4.78, 5) is 12.4. The van der Waals surface area contributed by atoms with Crippen molar-refractivity contribution in [3.63, 3.8) is 0 Å². The summed E-state index contributed by atoms with van der Waals surface area (Å²) in [5, 5.41) is 11.2. The van der Waals surface area contributed by atoms with Crippen molar-refractivity contribution in [1.29, 1.82) is 0 Å². The zero-order valence-corrected chi connectivity index (χ0v) is 15.1. The highest BCUT2D eigenvalue weighted by Gasteiger charge is 2.12. The molecule has 0 aliphatic rings. The summed E-state index contributed by atoms with van der Waals surface area (Å²) in [5.41, 5.74) is 1.31. The molecule has 7 heteroatoms. The number of ether oxygens (including phenoxy) is 2. The molecule has 0 bridgehead atoms. The maximum atomic E-state index is 12.4. The van der Waals surface area contributed by atoms with Gasteiger partial charge in [0.1, 0.15) is 5.82 Å². The average molecular weight is 354 g/mol. The van der Waals surface area contributed by atoms with Gasteiger partial charge in [-0.1, -0.05) is 6.07 Å². The number of hydrogen-bond acceptors (Lipinski definition) is 5. The van der Waals surface area contributed by atoms with Gasteiger partial charge in [-0.05, 0) is 44.2 Å². The number of carbonyl (C=O) groups excluding carboxylic acids is 1. The third-order valence-electron chi connectivity index (χ3n) is 3.81. The van der Waals surface area contributed by atoms with E-state index >= 15 is 0 Å². The molecule has 0 saturated heterocycles. The number of benzene rings is 1. The van der Waals surface area contributed by atoms with E-state index < -0.39 is 0 Å². The van der Waals surface area contributed by atoms with Crippen LogP contribution in [0.4, 0.5) is 0 Å². The van der Waals surface area contributed by atoms with Gasteiger partial charge in [0.2, 0.25) is 0 Å². The minimum Gasteiger partial charge on any atom is -0.493 e. The molecular formula is C19H22N4O3. The van der Waals surface area contributed by atoms with Gasteiger partial charge in [0.15, 0.2) is 17.1 Å². The smallest absolute Gasteiger partial charge is 0.251 e. The Bertz CT molecular complexity index is 905. The van der Waals surface area contributed by atoms with Crippen molar-refractivity contribution < 1.29 is 14.3 Å². The van der Waals surface area contributed by atoms with Crippen LogP contribution in [-0.2, 0) is 6.42 Å². The van der Waals surface area contributed by atoms with E-state index in [0.29, 0.717) is 30.0 Å². The highest BCUT2D eigenvalue weighted by molar-refractivity contribution is 5.94. The van der Waals surface area contributed by atoms with Gasteiger partial charge in [0, 0.05) is 24.7 Å². The Morgan fingerprint density at radius 3 is 2.81 bits per heavy atom. The Balaban J connectivity index is 1.63. The Hall–Kier alpha value is -3.09. The maximum Gasteiger partial charge on any atom is 0.251 e. The second kappa shape index (κ2) is 7.86. The van der Waals surface area contributed by atoms with E-state index in [0.717, 1.165) is 11.5 Å². The quantitative estimate of drug-likeness (QED) is 0.705. The molecule has 2 heterocycles. The molecule has 0 aliphatic heterocycles. The fourth-order valence-corrected chi connectivity index (χ4v) is 2.61. The van der Waals surface area contributed by atoms with Crippen molar-refractivity contribution in [1.82, 2.24) is 19.9 Å². The van der Waals surface area contributed by atoms with Crippen molar-refractivity contribution in [3.05, 3.63) is 54.0 Å². The van der Waals surface area contributed by atoms with Gasteiger partial charge in [-0.2, -0.15) is 0 Å². The number of hydrogen-bond donors (Lipinski definition) is 1. The first-order valence-electron chi connectivity index (χ1n) is 8.50. The van der Waals surface area contributed by atoms with E-state index in [1.165, 1.54) is 0 Å². The van der Waals surface area contributed by atoms with Crippen LogP contribution in [-0.4, -0.2) is 40.3 Å². The Kier molecular flexibility index (Phi) is 5.36. The van der Waals surface area contributed by atoms with Gasteiger partial charge < -0.3 is 14.8 Å². The molecule has 7 nitrogen and oxygen atoms in total. The van der Waals surface area contributed by atoms with Crippen LogP contribution in [0.25, 0.3) is 5.65 Å². The van der Waals surface area contributed by atoms with Crippen LogP contribution in [0, 0.1) is 0 Å². The summed E-state index contributed by atoms with van der Waals surface area (Å²) in [6.07, 6.45) is 2.52. The Morgan fingerprint density at radius 2 is 2.04 bits per heavy atom. The lowest BCUT2D eigenvalue weighted by molar-refractivity contribution is 0.0953. The van der Waals surface area contributed by atoms with Gasteiger partial charge in [0.05, 0.1) is 13.2 Å². The predicted molar refractivity (Wildman–Crippen MR) is 97.8 cm³/mol. The zero-order chi connectivity index (χ0) is 18.5. The SMILES string of the molecule is COc1cc(C(=O)NCCc2nnc3ccccn23)ccc1OC(C)C. The van der Waals surface area contributed by atoms with E-state index in [9.17, 15) is 4.79 Å². The van der Waals surface area contributed by atoms with Gasteiger partial charge in [-0.3, -0.25) is 9.20 Å². The van der Waals surface area contributed by atoms with Crippen LogP contribution >= 0.6 is 0 Å². The second-order valence-corrected chi connectivity index (χ2v) is 6.08. The monoisotopic (exact) mass is 354 g/mol. The number of fused-ring (bicyclic) bond motifs is 1. The summed E-state index contributed by atoms with van der Waals surface area (Å²) in [6.45, 7) is 4.34. The summed E-state index contributed by atoms with van der Waals surface area (Å²) in [6, 6.07) is 10.9. The van der Waals surface area contributed by atoms with Gasteiger partial charge >= 0.3 is 0 Å². The molecule has 0 spiro atoms. The number of pyridine rings is 1.